The highest BCUT2D eigenvalue weighted by Gasteiger charge is 2.34. The Labute approximate surface area is 123 Å². The van der Waals surface area contributed by atoms with Gasteiger partial charge < -0.3 is 15.2 Å². The topological polar surface area (TPSA) is 75.6 Å². The normalized spacial score (nSPS) is 21.5. The van der Waals surface area contributed by atoms with E-state index in [0.29, 0.717) is 28.8 Å². The molecule has 0 saturated carbocycles. The number of carbonyl (C=O) groups is 2. The Kier molecular flexibility index (Phi) is 5.13. The van der Waals surface area contributed by atoms with Gasteiger partial charge in [-0.2, -0.15) is 8.78 Å². The van der Waals surface area contributed by atoms with Crippen molar-refractivity contribution in [3.05, 3.63) is 24.3 Å². The van der Waals surface area contributed by atoms with E-state index in [-0.39, 0.29) is 6.42 Å². The molecule has 114 valence electrons. The Morgan fingerprint density at radius 3 is 2.67 bits per heavy atom. The van der Waals surface area contributed by atoms with Crippen LogP contribution in [0.5, 0.6) is 0 Å². The van der Waals surface area contributed by atoms with Crippen molar-refractivity contribution in [3.8, 4) is 0 Å². The minimum absolute atomic E-state index is 0.273. The highest BCUT2D eigenvalue weighted by Crippen LogP contribution is 2.28. The monoisotopic (exact) mass is 317 g/mol. The maximum Gasteiger partial charge on any atom is 0.332 e. The summed E-state index contributed by atoms with van der Waals surface area (Å²) in [5.41, 5.74) is 0.369. The Bertz CT molecular complexity index is 541. The molecule has 8 heteroatoms. The van der Waals surface area contributed by atoms with Gasteiger partial charge in [0.2, 0.25) is 0 Å². The summed E-state index contributed by atoms with van der Waals surface area (Å²) in [7, 11) is 0. The molecular formula is C13H13F2NO4S. The molecular weight excluding hydrogens is 304 g/mol. The molecule has 2 N–H and O–H groups in total. The lowest BCUT2D eigenvalue weighted by molar-refractivity contribution is -0.150. The van der Waals surface area contributed by atoms with E-state index in [1.165, 1.54) is 12.1 Å². The van der Waals surface area contributed by atoms with Gasteiger partial charge in [0.15, 0.2) is 6.10 Å². The van der Waals surface area contributed by atoms with Crippen molar-refractivity contribution in [3.63, 3.8) is 0 Å². The standard InChI is InChI=1S/C13H13F2NO4S/c14-13(15)21-8-3-1-2-7(6-8)16-11(17)9-4-5-10(20-9)12(18)19/h1-3,6,9-10,13H,4-5H2,(H,16,17)(H,18,19)/t9-,10+/m0/s1. The van der Waals surface area contributed by atoms with E-state index in [1.54, 1.807) is 12.1 Å². The molecule has 0 aromatic heterocycles. The van der Waals surface area contributed by atoms with Crippen molar-refractivity contribution in [2.75, 3.05) is 5.32 Å². The molecule has 0 radical (unpaired) electrons. The summed E-state index contributed by atoms with van der Waals surface area (Å²) in [6, 6.07) is 6.06. The van der Waals surface area contributed by atoms with Gasteiger partial charge in [0, 0.05) is 10.6 Å². The summed E-state index contributed by atoms with van der Waals surface area (Å²) in [4.78, 5) is 23.0. The first kappa shape index (κ1) is 15.7. The van der Waals surface area contributed by atoms with Crippen molar-refractivity contribution in [1.29, 1.82) is 0 Å². The third-order valence-corrected chi connectivity index (χ3v) is 3.62. The molecule has 1 aliphatic heterocycles. The first-order valence-electron chi connectivity index (χ1n) is 6.19. The van der Waals surface area contributed by atoms with Crippen LogP contribution in [0, 0.1) is 0 Å². The first-order valence-corrected chi connectivity index (χ1v) is 7.07. The number of rotatable bonds is 5. The van der Waals surface area contributed by atoms with Gasteiger partial charge in [-0.25, -0.2) is 4.79 Å². The van der Waals surface area contributed by atoms with Crippen LogP contribution in [0.25, 0.3) is 0 Å². The van der Waals surface area contributed by atoms with E-state index in [2.05, 4.69) is 5.32 Å². The summed E-state index contributed by atoms with van der Waals surface area (Å²) in [5, 5.41) is 11.3. The zero-order chi connectivity index (χ0) is 15.4. The molecule has 0 spiro atoms. The van der Waals surface area contributed by atoms with E-state index in [9.17, 15) is 18.4 Å². The third-order valence-electron chi connectivity index (χ3n) is 2.91. The fraction of sp³-hybridized carbons (Fsp3) is 0.385. The first-order chi connectivity index (χ1) is 9.95. The number of hydrogen-bond donors (Lipinski definition) is 2. The molecule has 1 heterocycles. The van der Waals surface area contributed by atoms with Crippen LogP contribution in [0.2, 0.25) is 0 Å². The van der Waals surface area contributed by atoms with Crippen molar-refractivity contribution < 1.29 is 28.2 Å². The van der Waals surface area contributed by atoms with Gasteiger partial charge >= 0.3 is 5.97 Å². The number of anilines is 1. The van der Waals surface area contributed by atoms with Crippen LogP contribution in [0.1, 0.15) is 12.8 Å². The number of carboxylic acid groups (broad SMARTS) is 1. The molecule has 5 nitrogen and oxygen atoms in total. The van der Waals surface area contributed by atoms with Crippen LogP contribution >= 0.6 is 11.8 Å². The van der Waals surface area contributed by atoms with Crippen molar-refractivity contribution >= 4 is 29.3 Å². The van der Waals surface area contributed by atoms with Crippen LogP contribution in [-0.2, 0) is 14.3 Å². The van der Waals surface area contributed by atoms with Gasteiger partial charge in [0.25, 0.3) is 11.7 Å². The predicted molar refractivity (Wildman–Crippen MR) is 72.5 cm³/mol. The molecule has 1 fully saturated rings. The van der Waals surface area contributed by atoms with Crippen molar-refractivity contribution in [2.45, 2.75) is 35.7 Å². The molecule has 0 unspecified atom stereocenters. The van der Waals surface area contributed by atoms with Gasteiger partial charge in [0.1, 0.15) is 6.10 Å². The number of aliphatic carboxylic acids is 1. The molecule has 1 aliphatic rings. The van der Waals surface area contributed by atoms with Crippen LogP contribution in [0.15, 0.2) is 29.2 Å². The number of carboxylic acids is 1. The predicted octanol–water partition coefficient (Wildman–Crippen LogP) is 2.57. The number of hydrogen-bond acceptors (Lipinski definition) is 4. The lowest BCUT2D eigenvalue weighted by Gasteiger charge is -2.12. The molecule has 21 heavy (non-hydrogen) atoms. The lowest BCUT2D eigenvalue weighted by Crippen LogP contribution is -2.29. The van der Waals surface area contributed by atoms with Crippen molar-refractivity contribution in [2.24, 2.45) is 0 Å². The fourth-order valence-electron chi connectivity index (χ4n) is 1.98. The summed E-state index contributed by atoms with van der Waals surface area (Å²) >= 11 is 0.383. The van der Waals surface area contributed by atoms with Crippen LogP contribution in [-0.4, -0.2) is 34.9 Å². The van der Waals surface area contributed by atoms with Crippen molar-refractivity contribution in [1.82, 2.24) is 0 Å². The molecule has 1 saturated heterocycles. The average Bonchev–Trinajstić information content (AvgIpc) is 2.88. The quantitative estimate of drug-likeness (QED) is 0.816. The smallest absolute Gasteiger partial charge is 0.332 e. The Balaban J connectivity index is 1.95. The Hall–Kier alpha value is -1.67. The molecule has 2 atom stereocenters. The van der Waals surface area contributed by atoms with Gasteiger partial charge in [-0.1, -0.05) is 17.8 Å². The molecule has 0 bridgehead atoms. The third kappa shape index (κ3) is 4.40. The second kappa shape index (κ2) is 6.86. The van der Waals surface area contributed by atoms with Gasteiger partial charge in [-0.05, 0) is 31.0 Å². The minimum atomic E-state index is -2.54. The number of amides is 1. The summed E-state index contributed by atoms with van der Waals surface area (Å²) in [6.45, 7) is 0. The second-order valence-corrected chi connectivity index (χ2v) is 5.49. The maximum atomic E-state index is 12.3. The number of benzene rings is 1. The van der Waals surface area contributed by atoms with Gasteiger partial charge in [-0.3, -0.25) is 4.79 Å². The largest absolute Gasteiger partial charge is 0.479 e. The zero-order valence-electron chi connectivity index (χ0n) is 10.8. The minimum Gasteiger partial charge on any atom is -0.479 e. The maximum absolute atomic E-state index is 12.3. The molecule has 1 amide bonds. The molecule has 1 aromatic rings. The van der Waals surface area contributed by atoms with E-state index >= 15 is 0 Å². The van der Waals surface area contributed by atoms with E-state index < -0.39 is 29.8 Å². The van der Waals surface area contributed by atoms with Crippen LogP contribution in [0.3, 0.4) is 0 Å². The van der Waals surface area contributed by atoms with Gasteiger partial charge in [0.05, 0.1) is 0 Å². The summed E-state index contributed by atoms with van der Waals surface area (Å²) in [5.74, 6) is -4.11. The molecule has 1 aromatic carbocycles. The number of thioether (sulfide) groups is 1. The molecule has 0 aliphatic carbocycles. The van der Waals surface area contributed by atoms with Crippen LogP contribution in [0.4, 0.5) is 14.5 Å². The second-order valence-electron chi connectivity index (χ2n) is 4.42. The summed E-state index contributed by atoms with van der Waals surface area (Å²) in [6.07, 6.45) is -1.22. The SMILES string of the molecule is O=C(Nc1cccc(SC(F)F)c1)[C@@H]1CC[C@H](C(=O)O)O1. The number of alkyl halides is 2. The summed E-state index contributed by atoms with van der Waals surface area (Å²) < 4.78 is 29.7. The number of carbonyl (C=O) groups excluding carboxylic acids is 1. The highest BCUT2D eigenvalue weighted by molar-refractivity contribution is 7.99. The highest BCUT2D eigenvalue weighted by atomic mass is 32.2. The van der Waals surface area contributed by atoms with E-state index in [4.69, 9.17) is 9.84 Å². The molecule has 2 rings (SSSR count). The number of halogens is 2. The average molecular weight is 317 g/mol. The fourth-order valence-corrected chi connectivity index (χ4v) is 2.54. The Morgan fingerprint density at radius 1 is 1.33 bits per heavy atom. The zero-order valence-corrected chi connectivity index (χ0v) is 11.6. The van der Waals surface area contributed by atoms with E-state index in [1.807, 2.05) is 0 Å². The van der Waals surface area contributed by atoms with Gasteiger partial charge in [-0.15, -0.1) is 0 Å². The lowest BCUT2D eigenvalue weighted by atomic mass is 10.2. The van der Waals surface area contributed by atoms with Crippen LogP contribution < -0.4 is 5.32 Å². The van der Waals surface area contributed by atoms with E-state index in [0.717, 1.165) is 0 Å². The Morgan fingerprint density at radius 2 is 2.05 bits per heavy atom. The number of nitrogens with one attached hydrogen (secondary N) is 1. The number of ether oxygens (including phenoxy) is 1.